The first-order valence-electron chi connectivity index (χ1n) is 7.69. The van der Waals surface area contributed by atoms with Gasteiger partial charge in [0.15, 0.2) is 0 Å². The number of ether oxygens (including phenoxy) is 1. The Morgan fingerprint density at radius 1 is 1.33 bits per heavy atom. The molecule has 1 aliphatic rings. The van der Waals surface area contributed by atoms with Crippen LogP contribution in [0, 0.1) is 17.2 Å². The molecule has 0 aliphatic heterocycles. The molecule has 1 aliphatic carbocycles. The van der Waals surface area contributed by atoms with E-state index in [0.29, 0.717) is 18.9 Å². The Hall–Kier alpha value is -1.61. The number of nitrogens with zero attached hydrogens (tertiary/aromatic N) is 1. The summed E-state index contributed by atoms with van der Waals surface area (Å²) in [5, 5.41) is 13.8. The molecule has 0 bridgehead atoms. The van der Waals surface area contributed by atoms with Gasteiger partial charge in [-0.25, -0.2) is 0 Å². The maximum atomic E-state index is 12.1. The SMILES string of the molecule is CCOCC(=O)N[C@H](CC1CCCCC1)C(=O)NCC#N. The molecule has 0 aromatic rings. The average Bonchev–Trinajstić information content (AvgIpc) is 2.51. The Kier molecular flexibility index (Phi) is 8.44. The fourth-order valence-corrected chi connectivity index (χ4v) is 2.67. The van der Waals surface area contributed by atoms with Gasteiger partial charge in [-0.3, -0.25) is 9.59 Å². The highest BCUT2D eigenvalue weighted by Gasteiger charge is 2.25. The molecule has 0 unspecified atom stereocenters. The van der Waals surface area contributed by atoms with Crippen LogP contribution in [0.4, 0.5) is 0 Å². The average molecular weight is 295 g/mol. The number of hydrogen-bond donors (Lipinski definition) is 2. The number of nitriles is 1. The van der Waals surface area contributed by atoms with E-state index in [1.54, 1.807) is 0 Å². The molecule has 1 saturated carbocycles. The van der Waals surface area contributed by atoms with Gasteiger partial charge >= 0.3 is 0 Å². The summed E-state index contributed by atoms with van der Waals surface area (Å²) in [4.78, 5) is 23.8. The Balaban J connectivity index is 2.53. The molecule has 2 amide bonds. The van der Waals surface area contributed by atoms with Gasteiger partial charge in [-0.15, -0.1) is 0 Å². The minimum absolute atomic E-state index is 0.0385. The summed E-state index contributed by atoms with van der Waals surface area (Å²) in [7, 11) is 0. The van der Waals surface area contributed by atoms with E-state index in [0.717, 1.165) is 12.8 Å². The second kappa shape index (κ2) is 10.2. The van der Waals surface area contributed by atoms with Crippen molar-refractivity contribution in [1.82, 2.24) is 10.6 Å². The minimum atomic E-state index is -0.575. The van der Waals surface area contributed by atoms with Crippen LogP contribution >= 0.6 is 0 Å². The van der Waals surface area contributed by atoms with Crippen molar-refractivity contribution in [3.05, 3.63) is 0 Å². The summed E-state index contributed by atoms with van der Waals surface area (Å²) in [5.74, 6) is -0.110. The summed E-state index contributed by atoms with van der Waals surface area (Å²) in [6.07, 6.45) is 6.45. The van der Waals surface area contributed by atoms with E-state index >= 15 is 0 Å². The fourth-order valence-electron chi connectivity index (χ4n) is 2.67. The lowest BCUT2D eigenvalue weighted by molar-refractivity contribution is -0.131. The summed E-state index contributed by atoms with van der Waals surface area (Å²) in [6.45, 7) is 2.19. The number of carbonyl (C=O) groups is 2. The molecule has 0 spiro atoms. The molecule has 1 rings (SSSR count). The highest BCUT2D eigenvalue weighted by Crippen LogP contribution is 2.27. The van der Waals surface area contributed by atoms with Crippen LogP contribution in [0.3, 0.4) is 0 Å². The molecule has 0 saturated heterocycles. The molecule has 0 heterocycles. The summed E-state index contributed by atoms with van der Waals surface area (Å²) in [5.41, 5.74) is 0. The highest BCUT2D eigenvalue weighted by atomic mass is 16.5. The zero-order valence-electron chi connectivity index (χ0n) is 12.7. The topological polar surface area (TPSA) is 91.2 Å². The van der Waals surface area contributed by atoms with Crippen LogP contribution < -0.4 is 10.6 Å². The molecule has 1 fully saturated rings. The van der Waals surface area contributed by atoms with E-state index in [4.69, 9.17) is 10.00 Å². The van der Waals surface area contributed by atoms with Crippen LogP contribution in [0.2, 0.25) is 0 Å². The number of rotatable bonds is 8. The third kappa shape index (κ3) is 7.09. The van der Waals surface area contributed by atoms with Gasteiger partial charge in [0.25, 0.3) is 0 Å². The van der Waals surface area contributed by atoms with Crippen molar-refractivity contribution in [1.29, 1.82) is 5.26 Å². The zero-order chi connectivity index (χ0) is 15.5. The van der Waals surface area contributed by atoms with Gasteiger partial charge in [0, 0.05) is 6.61 Å². The second-order valence-electron chi connectivity index (χ2n) is 5.37. The number of hydrogen-bond acceptors (Lipinski definition) is 4. The van der Waals surface area contributed by atoms with Crippen molar-refractivity contribution < 1.29 is 14.3 Å². The van der Waals surface area contributed by atoms with Gasteiger partial charge in [-0.05, 0) is 19.3 Å². The molecule has 21 heavy (non-hydrogen) atoms. The standard InChI is InChI=1S/C15H25N3O3/c1-2-21-11-14(19)18-13(15(20)17-9-8-16)10-12-6-4-3-5-7-12/h12-13H,2-7,9-11H2,1H3,(H,17,20)(H,18,19)/t13-/m1/s1. The van der Waals surface area contributed by atoms with Gasteiger partial charge in [0.2, 0.25) is 11.8 Å². The van der Waals surface area contributed by atoms with Gasteiger partial charge in [-0.2, -0.15) is 5.26 Å². The maximum absolute atomic E-state index is 12.1. The minimum Gasteiger partial charge on any atom is -0.372 e. The third-order valence-corrected chi connectivity index (χ3v) is 3.72. The van der Waals surface area contributed by atoms with E-state index in [1.807, 2.05) is 13.0 Å². The first kappa shape index (κ1) is 17.4. The van der Waals surface area contributed by atoms with Crippen LogP contribution in [0.1, 0.15) is 45.4 Å². The summed E-state index contributed by atoms with van der Waals surface area (Å²) < 4.78 is 5.05. The van der Waals surface area contributed by atoms with Crippen molar-refractivity contribution in [2.45, 2.75) is 51.5 Å². The van der Waals surface area contributed by atoms with E-state index in [1.165, 1.54) is 19.3 Å². The Bertz CT molecular complexity index is 373. The summed E-state index contributed by atoms with van der Waals surface area (Å²) >= 11 is 0. The largest absolute Gasteiger partial charge is 0.372 e. The first-order chi connectivity index (χ1) is 10.2. The predicted octanol–water partition coefficient (Wildman–Crippen LogP) is 1.12. The van der Waals surface area contributed by atoms with Gasteiger partial charge in [-0.1, -0.05) is 32.1 Å². The third-order valence-electron chi connectivity index (χ3n) is 3.72. The molecule has 118 valence electrons. The quantitative estimate of drug-likeness (QED) is 0.656. The molecule has 0 aromatic carbocycles. The van der Waals surface area contributed by atoms with Crippen LogP contribution in [0.15, 0.2) is 0 Å². The van der Waals surface area contributed by atoms with Crippen molar-refractivity contribution in [3.63, 3.8) is 0 Å². The lowest BCUT2D eigenvalue weighted by Gasteiger charge is -2.26. The fraction of sp³-hybridized carbons (Fsp3) is 0.800. The molecule has 1 atom stereocenters. The Morgan fingerprint density at radius 3 is 2.67 bits per heavy atom. The van der Waals surface area contributed by atoms with Crippen LogP contribution in [0.25, 0.3) is 0 Å². The highest BCUT2D eigenvalue weighted by molar-refractivity contribution is 5.88. The van der Waals surface area contributed by atoms with Gasteiger partial charge in [0.05, 0.1) is 6.07 Å². The van der Waals surface area contributed by atoms with Crippen LogP contribution in [-0.2, 0) is 14.3 Å². The van der Waals surface area contributed by atoms with Crippen molar-refractivity contribution in [3.8, 4) is 6.07 Å². The van der Waals surface area contributed by atoms with Gasteiger partial charge < -0.3 is 15.4 Å². The molecule has 6 heteroatoms. The monoisotopic (exact) mass is 295 g/mol. The second-order valence-corrected chi connectivity index (χ2v) is 5.37. The molecular weight excluding hydrogens is 270 g/mol. The molecule has 2 N–H and O–H groups in total. The van der Waals surface area contributed by atoms with E-state index in [-0.39, 0.29) is 25.0 Å². The Labute approximate surface area is 126 Å². The van der Waals surface area contributed by atoms with E-state index < -0.39 is 6.04 Å². The molecular formula is C15H25N3O3. The smallest absolute Gasteiger partial charge is 0.246 e. The molecule has 6 nitrogen and oxygen atoms in total. The number of amides is 2. The number of nitrogens with one attached hydrogen (secondary N) is 2. The molecule has 0 aromatic heterocycles. The van der Waals surface area contributed by atoms with Crippen LogP contribution in [0.5, 0.6) is 0 Å². The summed E-state index contributed by atoms with van der Waals surface area (Å²) in [6, 6.07) is 1.30. The number of carbonyl (C=O) groups excluding carboxylic acids is 2. The van der Waals surface area contributed by atoms with E-state index in [2.05, 4.69) is 10.6 Å². The predicted molar refractivity (Wildman–Crippen MR) is 78.2 cm³/mol. The normalized spacial score (nSPS) is 16.8. The maximum Gasteiger partial charge on any atom is 0.246 e. The van der Waals surface area contributed by atoms with Crippen LogP contribution in [-0.4, -0.2) is 37.6 Å². The van der Waals surface area contributed by atoms with Crippen molar-refractivity contribution in [2.75, 3.05) is 19.8 Å². The molecule has 0 radical (unpaired) electrons. The zero-order valence-corrected chi connectivity index (χ0v) is 12.7. The van der Waals surface area contributed by atoms with Gasteiger partial charge in [0.1, 0.15) is 19.2 Å². The lowest BCUT2D eigenvalue weighted by Crippen LogP contribution is -2.48. The van der Waals surface area contributed by atoms with Crippen molar-refractivity contribution in [2.24, 2.45) is 5.92 Å². The first-order valence-corrected chi connectivity index (χ1v) is 7.69. The van der Waals surface area contributed by atoms with Crippen molar-refractivity contribution >= 4 is 11.8 Å². The van der Waals surface area contributed by atoms with E-state index in [9.17, 15) is 9.59 Å². The Morgan fingerprint density at radius 2 is 2.05 bits per heavy atom. The lowest BCUT2D eigenvalue weighted by atomic mass is 9.84.